The third-order valence-corrected chi connectivity index (χ3v) is 3.35. The van der Waals surface area contributed by atoms with E-state index in [0.717, 1.165) is 0 Å². The van der Waals surface area contributed by atoms with E-state index in [9.17, 15) is 14.4 Å². The Morgan fingerprint density at radius 3 is 2.12 bits per heavy atom. The molecule has 0 spiro atoms. The van der Waals surface area contributed by atoms with E-state index in [1.165, 1.54) is 7.11 Å². The minimum atomic E-state index is -0.820. The van der Waals surface area contributed by atoms with Crippen molar-refractivity contribution in [3.63, 3.8) is 0 Å². The number of alkyl carbamates (subject to hydrolysis) is 1. The van der Waals surface area contributed by atoms with Crippen LogP contribution in [-0.2, 0) is 25.6 Å². The van der Waals surface area contributed by atoms with Gasteiger partial charge in [-0.2, -0.15) is 0 Å². The Morgan fingerprint density at radius 2 is 1.65 bits per heavy atom. The fourth-order valence-electron chi connectivity index (χ4n) is 2.03. The van der Waals surface area contributed by atoms with E-state index in [2.05, 4.69) is 10.1 Å². The highest BCUT2D eigenvalue weighted by Crippen LogP contribution is 2.12. The molecule has 1 unspecified atom stereocenters. The maximum Gasteiger partial charge on any atom is 0.408 e. The van der Waals surface area contributed by atoms with Crippen molar-refractivity contribution >= 4 is 18.0 Å². The number of amides is 1. The highest BCUT2D eigenvalue weighted by atomic mass is 16.6. The molecule has 1 aromatic rings. The normalized spacial score (nSPS) is 12.3. The Hall–Kier alpha value is -2.57. The molecule has 144 valence electrons. The summed E-state index contributed by atoms with van der Waals surface area (Å²) in [6.45, 7) is 8.86. The molecule has 0 saturated carbocycles. The lowest BCUT2D eigenvalue weighted by molar-refractivity contribution is -0.148. The molecule has 1 amide bonds. The summed E-state index contributed by atoms with van der Waals surface area (Å²) < 4.78 is 15.1. The second-order valence-corrected chi connectivity index (χ2v) is 7.16. The van der Waals surface area contributed by atoms with E-state index in [-0.39, 0.29) is 12.5 Å². The van der Waals surface area contributed by atoms with Crippen LogP contribution in [0.25, 0.3) is 0 Å². The fraction of sp³-hybridized carbons (Fsp3) is 0.526. The van der Waals surface area contributed by atoms with Crippen LogP contribution >= 0.6 is 0 Å². The molecule has 1 aromatic carbocycles. The van der Waals surface area contributed by atoms with Gasteiger partial charge in [0.25, 0.3) is 0 Å². The van der Waals surface area contributed by atoms with Crippen molar-refractivity contribution in [3.8, 4) is 0 Å². The van der Waals surface area contributed by atoms with Gasteiger partial charge in [0.1, 0.15) is 18.2 Å². The number of hydrogen-bond donors (Lipinski definition) is 1. The van der Waals surface area contributed by atoms with Crippen LogP contribution in [0.4, 0.5) is 4.79 Å². The number of rotatable bonds is 6. The summed E-state index contributed by atoms with van der Waals surface area (Å²) in [4.78, 5) is 35.6. The van der Waals surface area contributed by atoms with Crippen molar-refractivity contribution in [2.75, 3.05) is 7.11 Å². The topological polar surface area (TPSA) is 90.9 Å². The maximum atomic E-state index is 12.3. The van der Waals surface area contributed by atoms with Gasteiger partial charge in [0, 0.05) is 0 Å². The maximum absolute atomic E-state index is 12.3. The van der Waals surface area contributed by atoms with Crippen molar-refractivity contribution in [2.45, 2.75) is 52.9 Å². The van der Waals surface area contributed by atoms with E-state index in [0.29, 0.717) is 11.1 Å². The van der Waals surface area contributed by atoms with Crippen LogP contribution in [0.2, 0.25) is 0 Å². The molecular formula is C19H27NO6. The number of ether oxygens (including phenoxy) is 3. The number of esters is 2. The average molecular weight is 365 g/mol. The lowest BCUT2D eigenvalue weighted by Gasteiger charge is -2.24. The van der Waals surface area contributed by atoms with Gasteiger partial charge >= 0.3 is 18.0 Å². The van der Waals surface area contributed by atoms with Crippen molar-refractivity contribution < 1.29 is 28.6 Å². The summed E-state index contributed by atoms with van der Waals surface area (Å²) >= 11 is 0. The first kappa shape index (κ1) is 21.5. The Balaban J connectivity index is 2.65. The molecule has 7 heteroatoms. The van der Waals surface area contributed by atoms with Crippen LogP contribution in [0.1, 0.15) is 50.5 Å². The average Bonchev–Trinajstić information content (AvgIpc) is 2.55. The van der Waals surface area contributed by atoms with E-state index >= 15 is 0 Å². The summed E-state index contributed by atoms with van der Waals surface area (Å²) in [5.41, 5.74) is 0.469. The molecule has 0 bridgehead atoms. The van der Waals surface area contributed by atoms with Gasteiger partial charge < -0.3 is 19.5 Å². The molecule has 0 radical (unpaired) electrons. The Kier molecular flexibility index (Phi) is 7.61. The quantitative estimate of drug-likeness (QED) is 0.615. The van der Waals surface area contributed by atoms with Crippen molar-refractivity contribution in [1.29, 1.82) is 0 Å². The summed E-state index contributed by atoms with van der Waals surface area (Å²) in [7, 11) is 1.31. The molecule has 1 atom stereocenters. The monoisotopic (exact) mass is 365 g/mol. The lowest BCUT2D eigenvalue weighted by atomic mass is 10.1. The van der Waals surface area contributed by atoms with E-state index in [1.807, 2.05) is 0 Å². The molecule has 1 rings (SSSR count). The minimum Gasteiger partial charge on any atom is -0.465 e. The first-order chi connectivity index (χ1) is 12.0. The largest absolute Gasteiger partial charge is 0.465 e. The molecule has 0 aliphatic carbocycles. The molecule has 0 aliphatic heterocycles. The zero-order chi connectivity index (χ0) is 19.9. The smallest absolute Gasteiger partial charge is 0.408 e. The molecule has 26 heavy (non-hydrogen) atoms. The van der Waals surface area contributed by atoms with Gasteiger partial charge in [-0.15, -0.1) is 0 Å². The Bertz CT molecular complexity index is 630. The molecule has 0 fully saturated rings. The Morgan fingerprint density at radius 1 is 1.08 bits per heavy atom. The molecular weight excluding hydrogens is 338 g/mol. The van der Waals surface area contributed by atoms with Crippen LogP contribution in [0.3, 0.4) is 0 Å². The number of benzene rings is 1. The zero-order valence-electron chi connectivity index (χ0n) is 16.1. The van der Waals surface area contributed by atoms with E-state index in [4.69, 9.17) is 9.47 Å². The highest BCUT2D eigenvalue weighted by Gasteiger charge is 2.28. The first-order valence-corrected chi connectivity index (χ1v) is 8.37. The van der Waals surface area contributed by atoms with Crippen molar-refractivity contribution in [3.05, 3.63) is 35.4 Å². The van der Waals surface area contributed by atoms with Crippen LogP contribution in [0.15, 0.2) is 24.3 Å². The first-order valence-electron chi connectivity index (χ1n) is 8.37. The number of carbonyl (C=O) groups excluding carboxylic acids is 3. The predicted octanol–water partition coefficient (Wildman–Crippen LogP) is 3.07. The summed E-state index contributed by atoms with van der Waals surface area (Å²) in [6.07, 6.45) is -0.671. The molecule has 0 aliphatic rings. The molecule has 0 aromatic heterocycles. The zero-order valence-corrected chi connectivity index (χ0v) is 16.1. The molecule has 0 saturated heterocycles. The number of carbonyl (C=O) groups is 3. The SMILES string of the molecule is COC(=O)c1ccc(COC(=O)C(NC(=O)OC(C)(C)C)C(C)C)cc1. The van der Waals surface area contributed by atoms with Gasteiger partial charge in [-0.25, -0.2) is 14.4 Å². The molecule has 7 nitrogen and oxygen atoms in total. The minimum absolute atomic E-state index is 0.0273. The number of methoxy groups -OCH3 is 1. The van der Waals surface area contributed by atoms with Crippen LogP contribution < -0.4 is 5.32 Å². The second-order valence-electron chi connectivity index (χ2n) is 7.16. The standard InChI is InChI=1S/C19H27NO6/c1-12(2)15(20-18(23)26-19(3,4)5)17(22)25-11-13-7-9-14(10-8-13)16(21)24-6/h7-10,12,15H,11H2,1-6H3,(H,20,23). The summed E-state index contributed by atoms with van der Waals surface area (Å²) in [6, 6.07) is 5.71. The van der Waals surface area contributed by atoms with Crippen molar-refractivity contribution in [1.82, 2.24) is 5.32 Å². The van der Waals surface area contributed by atoms with Gasteiger partial charge in [-0.3, -0.25) is 0 Å². The van der Waals surface area contributed by atoms with Gasteiger partial charge in [0.15, 0.2) is 0 Å². The molecule has 0 heterocycles. The molecule has 1 N–H and O–H groups in total. The van der Waals surface area contributed by atoms with Gasteiger partial charge in [-0.05, 0) is 44.4 Å². The summed E-state index contributed by atoms with van der Waals surface area (Å²) in [5, 5.41) is 2.54. The van der Waals surface area contributed by atoms with Crippen LogP contribution in [0, 0.1) is 5.92 Å². The van der Waals surface area contributed by atoms with E-state index in [1.54, 1.807) is 58.9 Å². The Labute approximate surface area is 154 Å². The van der Waals surface area contributed by atoms with Crippen molar-refractivity contribution in [2.24, 2.45) is 5.92 Å². The van der Waals surface area contributed by atoms with Crippen LogP contribution in [-0.4, -0.2) is 36.8 Å². The third kappa shape index (κ3) is 7.13. The second kappa shape index (κ2) is 9.22. The van der Waals surface area contributed by atoms with Gasteiger partial charge in [-0.1, -0.05) is 26.0 Å². The predicted molar refractivity (Wildman–Crippen MR) is 95.6 cm³/mol. The third-order valence-electron chi connectivity index (χ3n) is 3.35. The summed E-state index contributed by atoms with van der Waals surface area (Å²) in [5.74, 6) is -1.16. The highest BCUT2D eigenvalue weighted by molar-refractivity contribution is 5.89. The van der Waals surface area contributed by atoms with Gasteiger partial charge in [0.2, 0.25) is 0 Å². The fourth-order valence-corrected chi connectivity index (χ4v) is 2.03. The van der Waals surface area contributed by atoms with E-state index < -0.39 is 29.7 Å². The number of nitrogens with one attached hydrogen (secondary N) is 1. The van der Waals surface area contributed by atoms with Gasteiger partial charge in [0.05, 0.1) is 12.7 Å². The number of hydrogen-bond acceptors (Lipinski definition) is 6. The van der Waals surface area contributed by atoms with Crippen LogP contribution in [0.5, 0.6) is 0 Å². The lowest BCUT2D eigenvalue weighted by Crippen LogP contribution is -2.47.